The maximum atomic E-state index is 12.9. The van der Waals surface area contributed by atoms with Crippen LogP contribution >= 0.6 is 0 Å². The van der Waals surface area contributed by atoms with Crippen molar-refractivity contribution in [3.05, 3.63) is 77.0 Å². The Kier molecular flexibility index (Phi) is 5.25. The second-order valence-corrected chi connectivity index (χ2v) is 7.36. The molecule has 0 saturated carbocycles. The molecule has 2 atom stereocenters. The van der Waals surface area contributed by atoms with E-state index in [0.29, 0.717) is 17.8 Å². The van der Waals surface area contributed by atoms with Crippen molar-refractivity contribution in [1.82, 2.24) is 10.6 Å². The third kappa shape index (κ3) is 3.70. The fraction of sp³-hybridized carbons (Fsp3) is 0.304. The Hall–Kier alpha value is -3.28. The first-order valence-corrected chi connectivity index (χ1v) is 9.95. The number of anilines is 1. The Morgan fingerprint density at radius 1 is 1.14 bits per heavy atom. The Labute approximate surface area is 170 Å². The molecule has 150 valence electrons. The van der Waals surface area contributed by atoms with E-state index in [2.05, 4.69) is 34.6 Å². The minimum atomic E-state index is -0.549. The van der Waals surface area contributed by atoms with Gasteiger partial charge in [-0.3, -0.25) is 0 Å². The average Bonchev–Trinajstić information content (AvgIpc) is 3.03. The van der Waals surface area contributed by atoms with Gasteiger partial charge in [-0.2, -0.15) is 0 Å². The van der Waals surface area contributed by atoms with Crippen LogP contribution in [0.1, 0.15) is 31.0 Å². The van der Waals surface area contributed by atoms with E-state index in [-0.39, 0.29) is 18.7 Å². The third-order valence-electron chi connectivity index (χ3n) is 5.46. The molecule has 2 amide bonds. The van der Waals surface area contributed by atoms with Crippen molar-refractivity contribution >= 4 is 17.7 Å². The lowest BCUT2D eigenvalue weighted by Crippen LogP contribution is -2.49. The molecule has 2 N–H and O–H groups in total. The summed E-state index contributed by atoms with van der Waals surface area (Å²) in [5.41, 5.74) is 4.30. The number of hydrogen-bond acceptors (Lipinski definition) is 4. The number of esters is 1. The topological polar surface area (TPSA) is 70.7 Å². The fourth-order valence-electron chi connectivity index (χ4n) is 4.13. The summed E-state index contributed by atoms with van der Waals surface area (Å²) < 4.78 is 5.35. The van der Waals surface area contributed by atoms with Crippen molar-refractivity contribution in [3.63, 3.8) is 0 Å². The molecule has 2 aliphatic heterocycles. The summed E-state index contributed by atoms with van der Waals surface area (Å²) in [4.78, 5) is 27.6. The van der Waals surface area contributed by atoms with Gasteiger partial charge in [0.05, 0.1) is 30.5 Å². The first kappa shape index (κ1) is 19.1. The van der Waals surface area contributed by atoms with Gasteiger partial charge in [-0.15, -0.1) is 0 Å². The second kappa shape index (κ2) is 7.99. The van der Waals surface area contributed by atoms with E-state index in [0.717, 1.165) is 17.7 Å². The average molecular weight is 391 g/mol. The zero-order valence-corrected chi connectivity index (χ0v) is 16.6. The van der Waals surface area contributed by atoms with Gasteiger partial charge in [0.1, 0.15) is 0 Å². The summed E-state index contributed by atoms with van der Waals surface area (Å²) in [7, 11) is 0. The molecule has 6 nitrogen and oxygen atoms in total. The van der Waals surface area contributed by atoms with Gasteiger partial charge in [0.15, 0.2) is 0 Å². The molecule has 0 bridgehead atoms. The Bertz CT molecular complexity index is 955. The molecule has 0 spiro atoms. The predicted octanol–water partition coefficient (Wildman–Crippen LogP) is 3.31. The minimum absolute atomic E-state index is 0.269. The second-order valence-electron chi connectivity index (χ2n) is 7.36. The highest BCUT2D eigenvalue weighted by Crippen LogP contribution is 2.34. The lowest BCUT2D eigenvalue weighted by molar-refractivity contribution is -0.139. The molecule has 0 aliphatic carbocycles. The Balaban J connectivity index is 1.76. The molecular weight excluding hydrogens is 366 g/mol. The maximum Gasteiger partial charge on any atom is 0.338 e. The van der Waals surface area contributed by atoms with E-state index in [1.165, 1.54) is 5.56 Å². The quantitative estimate of drug-likeness (QED) is 0.767. The van der Waals surface area contributed by atoms with Crippen LogP contribution in [0.4, 0.5) is 10.5 Å². The number of benzene rings is 2. The zero-order valence-electron chi connectivity index (χ0n) is 16.6. The zero-order chi connectivity index (χ0) is 20.4. The molecule has 0 aromatic heterocycles. The van der Waals surface area contributed by atoms with Crippen LogP contribution < -0.4 is 15.5 Å². The van der Waals surface area contributed by atoms with Crippen LogP contribution in [0.15, 0.2) is 65.9 Å². The van der Waals surface area contributed by atoms with Crippen LogP contribution in [0.5, 0.6) is 0 Å². The van der Waals surface area contributed by atoms with Gasteiger partial charge in [-0.05, 0) is 37.5 Å². The molecule has 2 heterocycles. The van der Waals surface area contributed by atoms with Gasteiger partial charge in [-0.25, -0.2) is 9.59 Å². The number of hydrogen-bond donors (Lipinski definition) is 2. The largest absolute Gasteiger partial charge is 0.463 e. The number of urea groups is 1. The van der Waals surface area contributed by atoms with Crippen molar-refractivity contribution in [3.8, 4) is 0 Å². The summed E-state index contributed by atoms with van der Waals surface area (Å²) in [6.07, 6.45) is 0.937. The van der Waals surface area contributed by atoms with Gasteiger partial charge >= 0.3 is 12.0 Å². The van der Waals surface area contributed by atoms with Crippen LogP contribution in [0.25, 0.3) is 0 Å². The molecule has 2 aromatic rings. The van der Waals surface area contributed by atoms with Crippen molar-refractivity contribution in [2.45, 2.75) is 32.4 Å². The number of para-hydroxylation sites is 1. The number of carbonyl (C=O) groups is 2. The highest BCUT2D eigenvalue weighted by molar-refractivity contribution is 5.95. The van der Waals surface area contributed by atoms with Gasteiger partial charge in [-0.1, -0.05) is 48.5 Å². The molecule has 29 heavy (non-hydrogen) atoms. The van der Waals surface area contributed by atoms with Crippen LogP contribution in [-0.2, 0) is 16.0 Å². The number of fused-ring (bicyclic) bond motifs is 1. The number of rotatable bonds is 5. The van der Waals surface area contributed by atoms with Crippen molar-refractivity contribution < 1.29 is 14.3 Å². The van der Waals surface area contributed by atoms with Crippen LogP contribution in [-0.4, -0.2) is 31.2 Å². The van der Waals surface area contributed by atoms with E-state index in [9.17, 15) is 9.59 Å². The third-order valence-corrected chi connectivity index (χ3v) is 5.46. The van der Waals surface area contributed by atoms with E-state index >= 15 is 0 Å². The molecule has 0 saturated heterocycles. The monoisotopic (exact) mass is 391 g/mol. The van der Waals surface area contributed by atoms with Crippen molar-refractivity contribution in [2.75, 3.05) is 18.1 Å². The summed E-state index contributed by atoms with van der Waals surface area (Å²) in [5.74, 6) is -0.413. The van der Waals surface area contributed by atoms with Crippen molar-refractivity contribution in [2.24, 2.45) is 0 Å². The molecule has 0 unspecified atom stereocenters. The van der Waals surface area contributed by atoms with E-state index in [4.69, 9.17) is 4.74 Å². The lowest BCUT2D eigenvalue weighted by atomic mass is 9.95. The first-order valence-electron chi connectivity index (χ1n) is 9.95. The number of nitrogens with zero attached hydrogens (tertiary/aromatic N) is 1. The van der Waals surface area contributed by atoms with Crippen LogP contribution in [0, 0.1) is 0 Å². The lowest BCUT2D eigenvalue weighted by Gasteiger charge is -2.33. The van der Waals surface area contributed by atoms with Gasteiger partial charge in [0, 0.05) is 11.7 Å². The standard InChI is InChI=1S/C23H25N3O3/c1-3-29-22(27)20-18(14-26-15(2)13-17-11-7-8-12-19(17)26)24-23(28)25-21(20)16-9-5-4-6-10-16/h4-12,15,21H,3,13-14H2,1-2H3,(H2,24,25,28)/t15-,21+/m0/s1. The smallest absolute Gasteiger partial charge is 0.338 e. The van der Waals surface area contributed by atoms with Gasteiger partial charge in [0.25, 0.3) is 0 Å². The van der Waals surface area contributed by atoms with Crippen LogP contribution in [0.2, 0.25) is 0 Å². The summed E-state index contributed by atoms with van der Waals surface area (Å²) >= 11 is 0. The van der Waals surface area contributed by atoms with Crippen molar-refractivity contribution in [1.29, 1.82) is 0 Å². The number of amides is 2. The highest BCUT2D eigenvalue weighted by atomic mass is 16.5. The van der Waals surface area contributed by atoms with Crippen LogP contribution in [0.3, 0.4) is 0 Å². The van der Waals surface area contributed by atoms with E-state index in [1.807, 2.05) is 42.5 Å². The molecular formula is C23H25N3O3. The number of nitrogens with one attached hydrogen (secondary N) is 2. The molecule has 4 rings (SSSR count). The summed E-state index contributed by atoms with van der Waals surface area (Å²) in [6, 6.07) is 17.2. The summed E-state index contributed by atoms with van der Waals surface area (Å²) in [5, 5.41) is 5.75. The Morgan fingerprint density at radius 2 is 1.86 bits per heavy atom. The molecule has 0 fully saturated rings. The summed E-state index contributed by atoms with van der Waals surface area (Å²) in [6.45, 7) is 4.64. The van der Waals surface area contributed by atoms with E-state index in [1.54, 1.807) is 6.92 Å². The highest BCUT2D eigenvalue weighted by Gasteiger charge is 2.36. The molecule has 2 aromatic carbocycles. The normalized spacial score (nSPS) is 20.8. The predicted molar refractivity (Wildman–Crippen MR) is 111 cm³/mol. The SMILES string of the molecule is CCOC(=O)C1=C(CN2c3ccccc3C[C@@H]2C)NC(=O)N[C@@H]1c1ccccc1. The number of carbonyl (C=O) groups excluding carboxylic acids is 2. The maximum absolute atomic E-state index is 12.9. The minimum Gasteiger partial charge on any atom is -0.463 e. The molecule has 2 aliphatic rings. The van der Waals surface area contributed by atoms with Gasteiger partial charge in [0.2, 0.25) is 0 Å². The molecule has 0 radical (unpaired) electrons. The first-order chi connectivity index (χ1) is 14.1. The number of ether oxygens (including phenoxy) is 1. The Morgan fingerprint density at radius 3 is 2.62 bits per heavy atom. The van der Waals surface area contributed by atoms with Gasteiger partial charge < -0.3 is 20.3 Å². The van der Waals surface area contributed by atoms with E-state index < -0.39 is 12.0 Å². The molecule has 6 heteroatoms. The fourth-order valence-corrected chi connectivity index (χ4v) is 4.13.